The van der Waals surface area contributed by atoms with Gasteiger partial charge in [0.25, 0.3) is 0 Å². The van der Waals surface area contributed by atoms with Crippen molar-refractivity contribution in [3.8, 4) is 0 Å². The van der Waals surface area contributed by atoms with Gasteiger partial charge in [-0.3, -0.25) is 4.99 Å². The van der Waals surface area contributed by atoms with Gasteiger partial charge in [-0.05, 0) is 31.2 Å². The second-order valence-corrected chi connectivity index (χ2v) is 7.82. The van der Waals surface area contributed by atoms with Crippen molar-refractivity contribution in [1.29, 1.82) is 0 Å². The Balaban J connectivity index is 0.00000300. The third-order valence-corrected chi connectivity index (χ3v) is 5.40. The topological polar surface area (TPSA) is 68.0 Å². The Kier molecular flexibility index (Phi) is 10.9. The molecule has 1 aliphatic heterocycles. The first-order valence-corrected chi connectivity index (χ1v) is 10.7. The fraction of sp³-hybridized carbons (Fsp3) is 0.476. The van der Waals surface area contributed by atoms with E-state index in [2.05, 4.69) is 34.9 Å². The van der Waals surface area contributed by atoms with E-state index in [1.54, 1.807) is 6.26 Å². The van der Waals surface area contributed by atoms with Gasteiger partial charge in [-0.25, -0.2) is 0 Å². The highest BCUT2D eigenvalue weighted by molar-refractivity contribution is 14.0. The molecule has 0 aliphatic carbocycles. The number of aliphatic imine (C=N–C) groups is 1. The molecule has 160 valence electrons. The molecule has 8 heteroatoms. The largest absolute Gasteiger partial charge is 0.469 e. The summed E-state index contributed by atoms with van der Waals surface area (Å²) in [6.45, 7) is 5.51. The second-order valence-electron chi connectivity index (χ2n) is 6.66. The number of furan rings is 1. The maximum absolute atomic E-state index is 5.65. The van der Waals surface area contributed by atoms with Gasteiger partial charge in [0.2, 0.25) is 0 Å². The van der Waals surface area contributed by atoms with E-state index in [4.69, 9.17) is 18.9 Å². The minimum Gasteiger partial charge on any atom is -0.469 e. The number of guanidine groups is 1. The molecule has 0 radical (unpaired) electrons. The standard InChI is InChI=1S/C21H29N3O3S.HI/c1-21(26-15-16-27-21)10-12-23-20(22-11-9-18-6-5-14-25-18)24-13-17-28-19-7-3-2-4-8-19;/h2-8,14H,9-13,15-17H2,1H3,(H2,22,23,24);1H. The van der Waals surface area contributed by atoms with E-state index in [0.29, 0.717) is 19.8 Å². The van der Waals surface area contributed by atoms with Crippen LogP contribution in [0, 0.1) is 0 Å². The Morgan fingerprint density at radius 1 is 1.07 bits per heavy atom. The summed E-state index contributed by atoms with van der Waals surface area (Å²) in [5.74, 6) is 2.23. The number of thioether (sulfide) groups is 1. The van der Waals surface area contributed by atoms with Gasteiger partial charge >= 0.3 is 0 Å². The van der Waals surface area contributed by atoms with E-state index in [-0.39, 0.29) is 24.0 Å². The van der Waals surface area contributed by atoms with Crippen LogP contribution >= 0.6 is 35.7 Å². The van der Waals surface area contributed by atoms with Gasteiger partial charge in [0.15, 0.2) is 11.7 Å². The Hall–Kier alpha value is -1.23. The normalized spacial score (nSPS) is 15.7. The van der Waals surface area contributed by atoms with Gasteiger partial charge in [0.1, 0.15) is 5.76 Å². The van der Waals surface area contributed by atoms with Crippen LogP contribution in [0.2, 0.25) is 0 Å². The lowest BCUT2D eigenvalue weighted by molar-refractivity contribution is -0.144. The van der Waals surface area contributed by atoms with E-state index in [1.807, 2.05) is 36.9 Å². The molecule has 29 heavy (non-hydrogen) atoms. The lowest BCUT2D eigenvalue weighted by atomic mass is 10.2. The number of ether oxygens (including phenoxy) is 2. The number of nitrogens with one attached hydrogen (secondary N) is 2. The fourth-order valence-corrected chi connectivity index (χ4v) is 3.65. The number of nitrogens with zero attached hydrogens (tertiary/aromatic N) is 1. The zero-order valence-corrected chi connectivity index (χ0v) is 19.9. The second kappa shape index (κ2) is 13.1. The molecule has 1 aromatic heterocycles. The zero-order chi connectivity index (χ0) is 19.5. The number of halogens is 1. The van der Waals surface area contributed by atoms with Gasteiger partial charge in [-0.15, -0.1) is 35.7 Å². The minimum atomic E-state index is -0.508. The molecule has 0 amide bonds. The average Bonchev–Trinajstić information content (AvgIpc) is 3.38. The van der Waals surface area contributed by atoms with E-state index in [0.717, 1.165) is 43.4 Å². The van der Waals surface area contributed by atoms with E-state index in [1.165, 1.54) is 4.90 Å². The zero-order valence-electron chi connectivity index (χ0n) is 16.8. The van der Waals surface area contributed by atoms with Crippen molar-refractivity contribution < 1.29 is 13.9 Å². The summed E-state index contributed by atoms with van der Waals surface area (Å²) in [6.07, 6.45) is 3.25. The van der Waals surface area contributed by atoms with Gasteiger partial charge < -0.3 is 24.5 Å². The van der Waals surface area contributed by atoms with Gasteiger partial charge in [0.05, 0.1) is 19.5 Å². The molecule has 2 heterocycles. The molecular formula is C21H30IN3O3S. The van der Waals surface area contributed by atoms with Crippen LogP contribution in [0.15, 0.2) is 63.0 Å². The van der Waals surface area contributed by atoms with Crippen LogP contribution < -0.4 is 10.6 Å². The highest BCUT2D eigenvalue weighted by Crippen LogP contribution is 2.22. The third-order valence-electron chi connectivity index (χ3n) is 4.38. The summed E-state index contributed by atoms with van der Waals surface area (Å²) in [6, 6.07) is 14.3. The minimum absolute atomic E-state index is 0. The van der Waals surface area contributed by atoms with Crippen molar-refractivity contribution in [2.45, 2.75) is 30.4 Å². The van der Waals surface area contributed by atoms with Crippen molar-refractivity contribution >= 4 is 41.7 Å². The van der Waals surface area contributed by atoms with Gasteiger partial charge in [-0.1, -0.05) is 18.2 Å². The predicted molar refractivity (Wildman–Crippen MR) is 128 cm³/mol. The monoisotopic (exact) mass is 531 g/mol. The Bertz CT molecular complexity index is 707. The molecule has 3 rings (SSSR count). The van der Waals surface area contributed by atoms with Crippen molar-refractivity contribution in [1.82, 2.24) is 10.6 Å². The van der Waals surface area contributed by atoms with Crippen LogP contribution in [0.1, 0.15) is 19.1 Å². The molecule has 0 saturated carbocycles. The first-order chi connectivity index (χ1) is 13.7. The molecule has 1 saturated heterocycles. The van der Waals surface area contributed by atoms with Crippen LogP contribution in [0.4, 0.5) is 0 Å². The molecule has 0 atom stereocenters. The predicted octanol–water partition coefficient (Wildman–Crippen LogP) is 3.92. The average molecular weight is 531 g/mol. The maximum Gasteiger partial charge on any atom is 0.191 e. The molecule has 6 nitrogen and oxygen atoms in total. The lowest BCUT2D eigenvalue weighted by Crippen LogP contribution is -2.40. The molecular weight excluding hydrogens is 501 g/mol. The number of hydrogen-bond acceptors (Lipinski definition) is 5. The molecule has 0 bridgehead atoms. The molecule has 1 aliphatic rings. The number of hydrogen-bond donors (Lipinski definition) is 2. The Labute approximate surface area is 194 Å². The Morgan fingerprint density at radius 3 is 2.55 bits per heavy atom. The first-order valence-electron chi connectivity index (χ1n) is 9.74. The number of rotatable bonds is 10. The third kappa shape index (κ3) is 8.98. The summed E-state index contributed by atoms with van der Waals surface area (Å²) < 4.78 is 16.7. The van der Waals surface area contributed by atoms with Gasteiger partial charge in [0, 0.05) is 43.1 Å². The van der Waals surface area contributed by atoms with Crippen LogP contribution in [0.25, 0.3) is 0 Å². The highest BCUT2D eigenvalue weighted by atomic mass is 127. The first kappa shape index (κ1) is 24.0. The van der Waals surface area contributed by atoms with Crippen LogP contribution in [0.3, 0.4) is 0 Å². The van der Waals surface area contributed by atoms with E-state index < -0.39 is 5.79 Å². The molecule has 2 N–H and O–H groups in total. The highest BCUT2D eigenvalue weighted by Gasteiger charge is 2.30. The van der Waals surface area contributed by atoms with E-state index >= 15 is 0 Å². The summed E-state index contributed by atoms with van der Waals surface area (Å²) in [4.78, 5) is 5.97. The smallest absolute Gasteiger partial charge is 0.191 e. The lowest BCUT2D eigenvalue weighted by Gasteiger charge is -2.21. The molecule has 0 unspecified atom stereocenters. The Morgan fingerprint density at radius 2 is 1.83 bits per heavy atom. The molecule has 2 aromatic rings. The summed E-state index contributed by atoms with van der Waals surface area (Å²) in [5, 5.41) is 6.80. The molecule has 0 spiro atoms. The molecule has 1 aromatic carbocycles. The summed E-state index contributed by atoms with van der Waals surface area (Å²) in [5.41, 5.74) is 0. The van der Waals surface area contributed by atoms with Crippen molar-refractivity contribution in [3.05, 3.63) is 54.5 Å². The summed E-state index contributed by atoms with van der Waals surface area (Å²) in [7, 11) is 0. The van der Waals surface area contributed by atoms with Crippen LogP contribution in [0.5, 0.6) is 0 Å². The maximum atomic E-state index is 5.65. The fourth-order valence-electron chi connectivity index (χ4n) is 2.86. The molecule has 1 fully saturated rings. The van der Waals surface area contributed by atoms with Crippen LogP contribution in [-0.4, -0.2) is 50.3 Å². The van der Waals surface area contributed by atoms with Crippen molar-refractivity contribution in [2.24, 2.45) is 4.99 Å². The summed E-state index contributed by atoms with van der Waals surface area (Å²) >= 11 is 1.83. The van der Waals surface area contributed by atoms with E-state index in [9.17, 15) is 0 Å². The van der Waals surface area contributed by atoms with Crippen molar-refractivity contribution in [2.75, 3.05) is 38.6 Å². The van der Waals surface area contributed by atoms with Crippen molar-refractivity contribution in [3.63, 3.8) is 0 Å². The number of benzene rings is 1. The van der Waals surface area contributed by atoms with Gasteiger partial charge in [-0.2, -0.15) is 0 Å². The quantitative estimate of drug-likeness (QED) is 0.159. The SMILES string of the molecule is CC1(CCN=C(NCCSc2ccccc2)NCCc2ccco2)OCCO1.I. The van der Waals surface area contributed by atoms with Crippen LogP contribution in [-0.2, 0) is 15.9 Å².